The second kappa shape index (κ2) is 7.73. The van der Waals surface area contributed by atoms with Crippen LogP contribution in [0.1, 0.15) is 16.1 Å². The summed E-state index contributed by atoms with van der Waals surface area (Å²) in [5, 5.41) is 5.37. The molecule has 0 bridgehead atoms. The first kappa shape index (κ1) is 16.2. The molecule has 2 aromatic carbocycles. The first-order chi connectivity index (χ1) is 11.2. The molecule has 23 heavy (non-hydrogen) atoms. The first-order valence-electron chi connectivity index (χ1n) is 7.68. The Balaban J connectivity index is 1.53. The topological polar surface area (TPSA) is 24.9 Å². The molecule has 3 aromatic rings. The predicted octanol–water partition coefficient (Wildman–Crippen LogP) is 5.10. The minimum absolute atomic E-state index is 0.797. The Labute approximate surface area is 146 Å². The zero-order valence-corrected chi connectivity index (χ0v) is 14.6. The quantitative estimate of drug-likeness (QED) is 0.630. The number of hydrogen-bond donors (Lipinski definition) is 1. The van der Waals surface area contributed by atoms with E-state index in [-0.39, 0.29) is 0 Å². The molecule has 1 heterocycles. The molecular formula is C19H19ClN2S. The average molecular weight is 343 g/mol. The number of benzene rings is 2. The van der Waals surface area contributed by atoms with Crippen LogP contribution >= 0.6 is 22.9 Å². The van der Waals surface area contributed by atoms with E-state index < -0.39 is 0 Å². The van der Waals surface area contributed by atoms with E-state index in [1.807, 2.05) is 24.4 Å². The summed E-state index contributed by atoms with van der Waals surface area (Å²) in [6, 6.07) is 16.4. The smallest absolute Gasteiger partial charge is 0.107 e. The fraction of sp³-hybridized carbons (Fsp3) is 0.211. The molecule has 0 aliphatic heterocycles. The zero-order chi connectivity index (χ0) is 16.1. The highest BCUT2D eigenvalue weighted by Crippen LogP contribution is 2.28. The lowest BCUT2D eigenvalue weighted by Gasteiger charge is -2.03. The zero-order valence-electron chi connectivity index (χ0n) is 13.1. The molecular weight excluding hydrogens is 324 g/mol. The monoisotopic (exact) mass is 342 g/mol. The lowest BCUT2D eigenvalue weighted by Crippen LogP contribution is -2.16. The largest absolute Gasteiger partial charge is 0.310 e. The van der Waals surface area contributed by atoms with Gasteiger partial charge in [-0.1, -0.05) is 48.0 Å². The molecule has 0 fully saturated rings. The SMILES string of the molecule is Cc1ccccc1-c1cnc(CNCCc2cccc(Cl)c2)s1. The minimum Gasteiger partial charge on any atom is -0.310 e. The van der Waals surface area contributed by atoms with Crippen molar-refractivity contribution in [3.63, 3.8) is 0 Å². The highest BCUT2D eigenvalue weighted by molar-refractivity contribution is 7.15. The number of aryl methyl sites for hydroxylation is 1. The van der Waals surface area contributed by atoms with Gasteiger partial charge in [0.15, 0.2) is 0 Å². The van der Waals surface area contributed by atoms with Gasteiger partial charge in [0.2, 0.25) is 0 Å². The molecule has 0 saturated heterocycles. The summed E-state index contributed by atoms with van der Waals surface area (Å²) in [6.45, 7) is 3.86. The van der Waals surface area contributed by atoms with E-state index in [1.54, 1.807) is 11.3 Å². The molecule has 1 N–H and O–H groups in total. The molecule has 118 valence electrons. The summed E-state index contributed by atoms with van der Waals surface area (Å²) in [4.78, 5) is 5.76. The van der Waals surface area contributed by atoms with Gasteiger partial charge in [-0.2, -0.15) is 0 Å². The van der Waals surface area contributed by atoms with Crippen molar-refractivity contribution in [1.82, 2.24) is 10.3 Å². The normalized spacial score (nSPS) is 10.9. The third-order valence-electron chi connectivity index (χ3n) is 3.72. The third-order valence-corrected chi connectivity index (χ3v) is 4.99. The van der Waals surface area contributed by atoms with Gasteiger partial charge < -0.3 is 5.32 Å². The van der Waals surface area contributed by atoms with E-state index in [2.05, 4.69) is 47.6 Å². The number of hydrogen-bond acceptors (Lipinski definition) is 3. The summed E-state index contributed by atoms with van der Waals surface area (Å²) in [7, 11) is 0. The molecule has 0 radical (unpaired) electrons. The lowest BCUT2D eigenvalue weighted by molar-refractivity contribution is 0.684. The van der Waals surface area contributed by atoms with Crippen molar-refractivity contribution in [2.75, 3.05) is 6.54 Å². The van der Waals surface area contributed by atoms with Gasteiger partial charge in [-0.25, -0.2) is 4.98 Å². The van der Waals surface area contributed by atoms with Crippen LogP contribution in [-0.4, -0.2) is 11.5 Å². The Bertz CT molecular complexity index is 782. The highest BCUT2D eigenvalue weighted by atomic mass is 35.5. The van der Waals surface area contributed by atoms with Crippen LogP contribution in [0.5, 0.6) is 0 Å². The maximum atomic E-state index is 6.00. The molecule has 0 amide bonds. The molecule has 2 nitrogen and oxygen atoms in total. The van der Waals surface area contributed by atoms with E-state index in [1.165, 1.54) is 21.6 Å². The number of aromatic nitrogens is 1. The Hall–Kier alpha value is -1.68. The molecule has 0 spiro atoms. The summed E-state index contributed by atoms with van der Waals surface area (Å²) >= 11 is 7.75. The van der Waals surface area contributed by atoms with Crippen molar-refractivity contribution < 1.29 is 0 Å². The molecule has 1 aromatic heterocycles. The van der Waals surface area contributed by atoms with Gasteiger partial charge >= 0.3 is 0 Å². The van der Waals surface area contributed by atoms with E-state index in [0.717, 1.165) is 29.5 Å². The first-order valence-corrected chi connectivity index (χ1v) is 8.88. The second-order valence-corrected chi connectivity index (χ2v) is 7.04. The Morgan fingerprint density at radius 3 is 2.83 bits per heavy atom. The fourth-order valence-electron chi connectivity index (χ4n) is 2.49. The third kappa shape index (κ3) is 4.41. The molecule has 0 unspecified atom stereocenters. The number of rotatable bonds is 6. The Kier molecular flexibility index (Phi) is 5.44. The second-order valence-electron chi connectivity index (χ2n) is 5.49. The van der Waals surface area contributed by atoms with Gasteiger partial charge in [0.25, 0.3) is 0 Å². The van der Waals surface area contributed by atoms with Crippen LogP contribution in [0.25, 0.3) is 10.4 Å². The van der Waals surface area contributed by atoms with E-state index in [4.69, 9.17) is 11.6 Å². The number of nitrogens with zero attached hydrogens (tertiary/aromatic N) is 1. The molecule has 0 atom stereocenters. The van der Waals surface area contributed by atoms with Crippen LogP contribution in [0.4, 0.5) is 0 Å². The molecule has 3 rings (SSSR count). The van der Waals surface area contributed by atoms with Crippen LogP contribution < -0.4 is 5.32 Å². The number of nitrogens with one attached hydrogen (secondary N) is 1. The average Bonchev–Trinajstić information content (AvgIpc) is 3.01. The lowest BCUT2D eigenvalue weighted by atomic mass is 10.1. The van der Waals surface area contributed by atoms with Crippen LogP contribution in [0.3, 0.4) is 0 Å². The Morgan fingerprint density at radius 2 is 2.00 bits per heavy atom. The van der Waals surface area contributed by atoms with Gasteiger partial charge in [-0.05, 0) is 48.7 Å². The summed E-state index contributed by atoms with van der Waals surface area (Å²) in [5.41, 5.74) is 3.82. The summed E-state index contributed by atoms with van der Waals surface area (Å²) < 4.78 is 0. The van der Waals surface area contributed by atoms with Crippen LogP contribution in [-0.2, 0) is 13.0 Å². The Morgan fingerprint density at radius 1 is 1.13 bits per heavy atom. The van der Waals surface area contributed by atoms with Gasteiger partial charge in [0.1, 0.15) is 5.01 Å². The van der Waals surface area contributed by atoms with E-state index in [9.17, 15) is 0 Å². The van der Waals surface area contributed by atoms with Crippen molar-refractivity contribution >= 4 is 22.9 Å². The predicted molar refractivity (Wildman–Crippen MR) is 99.1 cm³/mol. The van der Waals surface area contributed by atoms with Crippen LogP contribution in [0.2, 0.25) is 5.02 Å². The van der Waals surface area contributed by atoms with Crippen LogP contribution in [0, 0.1) is 6.92 Å². The standard InChI is InChI=1S/C19H19ClN2S/c1-14-5-2-3-8-17(14)18-12-22-19(23-18)13-21-10-9-15-6-4-7-16(20)11-15/h2-8,11-12,21H,9-10,13H2,1H3. The van der Waals surface area contributed by atoms with Crippen molar-refractivity contribution in [1.29, 1.82) is 0 Å². The summed E-state index contributed by atoms with van der Waals surface area (Å²) in [6.07, 6.45) is 2.94. The molecule has 0 aliphatic carbocycles. The highest BCUT2D eigenvalue weighted by Gasteiger charge is 2.06. The van der Waals surface area contributed by atoms with E-state index >= 15 is 0 Å². The molecule has 0 saturated carbocycles. The van der Waals surface area contributed by atoms with Crippen molar-refractivity contribution in [2.45, 2.75) is 19.9 Å². The van der Waals surface area contributed by atoms with Crippen LogP contribution in [0.15, 0.2) is 54.7 Å². The summed E-state index contributed by atoms with van der Waals surface area (Å²) in [5.74, 6) is 0. The maximum Gasteiger partial charge on any atom is 0.107 e. The molecule has 4 heteroatoms. The van der Waals surface area contributed by atoms with Gasteiger partial charge in [0.05, 0.1) is 4.88 Å². The van der Waals surface area contributed by atoms with Crippen molar-refractivity contribution in [2.24, 2.45) is 0 Å². The van der Waals surface area contributed by atoms with Gasteiger partial charge in [-0.3, -0.25) is 0 Å². The minimum atomic E-state index is 0.797. The van der Waals surface area contributed by atoms with Crippen molar-refractivity contribution in [3.8, 4) is 10.4 Å². The van der Waals surface area contributed by atoms with Gasteiger partial charge in [0, 0.05) is 17.8 Å². The van der Waals surface area contributed by atoms with Gasteiger partial charge in [-0.15, -0.1) is 11.3 Å². The van der Waals surface area contributed by atoms with Crippen molar-refractivity contribution in [3.05, 3.63) is 75.9 Å². The van der Waals surface area contributed by atoms with E-state index in [0.29, 0.717) is 0 Å². The molecule has 0 aliphatic rings. The fourth-order valence-corrected chi connectivity index (χ4v) is 3.68. The number of halogens is 1. The maximum absolute atomic E-state index is 6.00. The number of thiazole rings is 1.